The molecule has 1 aliphatic rings. The summed E-state index contributed by atoms with van der Waals surface area (Å²) in [5.41, 5.74) is 0. The van der Waals surface area contributed by atoms with E-state index in [9.17, 15) is 8.76 Å². The molecule has 1 N–H and O–H groups in total. The second-order valence-electron chi connectivity index (χ2n) is 4.27. The van der Waals surface area contributed by atoms with Crippen molar-refractivity contribution in [3.8, 4) is 0 Å². The molecule has 0 aromatic heterocycles. The van der Waals surface area contributed by atoms with Crippen LogP contribution in [0.3, 0.4) is 0 Å². The number of rotatable bonds is 7. The molecule has 5 atom stereocenters. The van der Waals surface area contributed by atoms with Crippen LogP contribution >= 0.6 is 33.6 Å². The van der Waals surface area contributed by atoms with Crippen molar-refractivity contribution < 1.29 is 8.76 Å². The van der Waals surface area contributed by atoms with Crippen LogP contribution in [0.1, 0.15) is 13.8 Å². The van der Waals surface area contributed by atoms with Crippen LogP contribution in [0.15, 0.2) is 24.8 Å². The summed E-state index contributed by atoms with van der Waals surface area (Å²) in [5.74, 6) is 2.52. The molecule has 0 saturated carbocycles. The Morgan fingerprint density at radius 1 is 1.28 bits per heavy atom. The first-order valence-corrected chi connectivity index (χ1v) is 10.4. The van der Waals surface area contributed by atoms with Gasteiger partial charge in [-0.3, -0.25) is 4.21 Å². The molecule has 1 fully saturated rings. The van der Waals surface area contributed by atoms with E-state index in [2.05, 4.69) is 32.6 Å². The summed E-state index contributed by atoms with van der Waals surface area (Å²) in [7, 11) is 2.57. The smallest absolute Gasteiger partial charge is 0.109 e. The van der Waals surface area contributed by atoms with Crippen molar-refractivity contribution in [3.05, 3.63) is 24.8 Å². The fraction of sp³-hybridized carbons (Fsp3) is 0.667. The van der Waals surface area contributed by atoms with Crippen molar-refractivity contribution in [2.24, 2.45) is 11.8 Å². The second kappa shape index (κ2) is 8.74. The Hall–Kier alpha value is 0.640. The molecule has 0 radical (unpaired) electrons. The third-order valence-electron chi connectivity index (χ3n) is 3.14. The SMILES string of the molecule is C=CCSSC/C=C/C1[C@H](C)[C@H](C)[C@H](SO)S1=O. The van der Waals surface area contributed by atoms with E-state index in [1.807, 2.05) is 6.08 Å². The van der Waals surface area contributed by atoms with Crippen LogP contribution in [0.2, 0.25) is 0 Å². The molecule has 1 rings (SSSR count). The van der Waals surface area contributed by atoms with Gasteiger partial charge in [0.2, 0.25) is 0 Å². The topological polar surface area (TPSA) is 37.3 Å². The molecule has 18 heavy (non-hydrogen) atoms. The quantitative estimate of drug-likeness (QED) is 0.331. The highest BCUT2D eigenvalue weighted by Gasteiger charge is 2.43. The van der Waals surface area contributed by atoms with Crippen LogP contribution in [-0.4, -0.2) is 30.1 Å². The first kappa shape index (κ1) is 16.7. The highest BCUT2D eigenvalue weighted by atomic mass is 33.1. The molecule has 0 amide bonds. The van der Waals surface area contributed by atoms with E-state index >= 15 is 0 Å². The van der Waals surface area contributed by atoms with E-state index in [1.54, 1.807) is 21.6 Å². The van der Waals surface area contributed by atoms with Gasteiger partial charge < -0.3 is 4.55 Å². The summed E-state index contributed by atoms with van der Waals surface area (Å²) in [6.45, 7) is 7.86. The summed E-state index contributed by atoms with van der Waals surface area (Å²) in [6.07, 6.45) is 6.05. The minimum atomic E-state index is -0.974. The summed E-state index contributed by atoms with van der Waals surface area (Å²) in [5, 5.41) is 0.0784. The number of hydrogen-bond acceptors (Lipinski definition) is 5. The van der Waals surface area contributed by atoms with Gasteiger partial charge in [0.15, 0.2) is 0 Å². The Morgan fingerprint density at radius 3 is 2.50 bits per heavy atom. The van der Waals surface area contributed by atoms with E-state index in [0.29, 0.717) is 11.8 Å². The summed E-state index contributed by atoms with van der Waals surface area (Å²) in [6, 6.07) is 0. The van der Waals surface area contributed by atoms with Crippen molar-refractivity contribution in [3.63, 3.8) is 0 Å². The molecule has 2 unspecified atom stereocenters. The minimum Gasteiger partial charge on any atom is -0.329 e. The van der Waals surface area contributed by atoms with Crippen LogP contribution in [0.5, 0.6) is 0 Å². The Morgan fingerprint density at radius 2 is 1.94 bits per heavy atom. The Kier molecular flexibility index (Phi) is 8.11. The zero-order valence-electron chi connectivity index (χ0n) is 10.7. The maximum atomic E-state index is 12.2. The summed E-state index contributed by atoms with van der Waals surface area (Å²) in [4.78, 5) is 0. The summed E-state index contributed by atoms with van der Waals surface area (Å²) < 4.78 is 21.2. The predicted octanol–water partition coefficient (Wildman–Crippen LogP) is 4.05. The van der Waals surface area contributed by atoms with Gasteiger partial charge in [0.1, 0.15) is 4.58 Å². The largest absolute Gasteiger partial charge is 0.329 e. The average Bonchev–Trinajstić information content (AvgIpc) is 2.56. The van der Waals surface area contributed by atoms with Crippen molar-refractivity contribution in [1.82, 2.24) is 0 Å². The lowest BCUT2D eigenvalue weighted by Gasteiger charge is -2.13. The van der Waals surface area contributed by atoms with Gasteiger partial charge >= 0.3 is 0 Å². The lowest BCUT2D eigenvalue weighted by Crippen LogP contribution is -2.14. The van der Waals surface area contributed by atoms with E-state index in [4.69, 9.17) is 0 Å². The van der Waals surface area contributed by atoms with Gasteiger partial charge in [0.25, 0.3) is 0 Å². The summed E-state index contributed by atoms with van der Waals surface area (Å²) >= 11 is 0.752. The van der Waals surface area contributed by atoms with Crippen LogP contribution in [-0.2, 0) is 10.8 Å². The zero-order valence-corrected chi connectivity index (χ0v) is 13.9. The third kappa shape index (κ3) is 4.34. The molecule has 6 heteroatoms. The Bertz CT molecular complexity index is 319. The maximum absolute atomic E-state index is 12.2. The molecule has 2 nitrogen and oxygen atoms in total. The normalized spacial score (nSPS) is 36.3. The lowest BCUT2D eigenvalue weighted by molar-refractivity contribution is 0.447. The highest BCUT2D eigenvalue weighted by Crippen LogP contribution is 2.40. The molecule has 0 bridgehead atoms. The average molecular weight is 325 g/mol. The van der Waals surface area contributed by atoms with E-state index < -0.39 is 10.8 Å². The van der Waals surface area contributed by atoms with Crippen molar-refractivity contribution in [2.75, 3.05) is 11.5 Å². The van der Waals surface area contributed by atoms with Crippen LogP contribution in [0.25, 0.3) is 0 Å². The second-order valence-corrected chi connectivity index (χ2v) is 9.55. The van der Waals surface area contributed by atoms with E-state index in [-0.39, 0.29) is 9.83 Å². The van der Waals surface area contributed by atoms with Gasteiger partial charge in [0, 0.05) is 34.3 Å². The van der Waals surface area contributed by atoms with Crippen LogP contribution < -0.4 is 0 Å². The van der Waals surface area contributed by atoms with Crippen molar-refractivity contribution >= 4 is 44.4 Å². The van der Waals surface area contributed by atoms with Gasteiger partial charge in [-0.2, -0.15) is 0 Å². The van der Waals surface area contributed by atoms with Crippen LogP contribution in [0, 0.1) is 11.8 Å². The molecule has 0 aromatic rings. The van der Waals surface area contributed by atoms with E-state index in [1.165, 1.54) is 0 Å². The molecule has 1 aliphatic heterocycles. The van der Waals surface area contributed by atoms with Gasteiger partial charge in [-0.1, -0.05) is 53.7 Å². The van der Waals surface area contributed by atoms with Crippen molar-refractivity contribution in [1.29, 1.82) is 0 Å². The Labute approximate surface area is 125 Å². The van der Waals surface area contributed by atoms with Gasteiger partial charge in [-0.05, 0) is 11.8 Å². The third-order valence-corrected chi connectivity index (χ3v) is 8.80. The predicted molar refractivity (Wildman–Crippen MR) is 88.5 cm³/mol. The maximum Gasteiger partial charge on any atom is 0.109 e. The molecule has 0 spiro atoms. The molecular formula is C12H20O2S4. The molecule has 1 heterocycles. The number of hydrogen-bond donors (Lipinski definition) is 1. The lowest BCUT2D eigenvalue weighted by atomic mass is 9.94. The highest BCUT2D eigenvalue weighted by molar-refractivity contribution is 8.76. The van der Waals surface area contributed by atoms with Crippen molar-refractivity contribution in [2.45, 2.75) is 23.7 Å². The van der Waals surface area contributed by atoms with Gasteiger partial charge in [0.05, 0.1) is 5.25 Å². The standard InChI is InChI=1S/C12H20O2S4/c1-4-7-15-16-8-5-6-11-9(2)10(3)12(17-13)18(11)14/h4-6,9-13H,1,7-8H2,2-3H3/b6-5+/t9-,10+,11?,12-,18?/m1/s1. The van der Waals surface area contributed by atoms with Gasteiger partial charge in [-0.15, -0.1) is 6.58 Å². The fourth-order valence-corrected chi connectivity index (χ4v) is 6.55. The molecule has 0 aliphatic carbocycles. The first-order chi connectivity index (χ1) is 8.63. The van der Waals surface area contributed by atoms with Gasteiger partial charge in [-0.25, -0.2) is 0 Å². The zero-order chi connectivity index (χ0) is 13.5. The van der Waals surface area contributed by atoms with Crippen LogP contribution in [0.4, 0.5) is 0 Å². The Balaban J connectivity index is 2.44. The molecular weight excluding hydrogens is 304 g/mol. The minimum absolute atomic E-state index is 0.0784. The molecule has 1 saturated heterocycles. The monoisotopic (exact) mass is 324 g/mol. The fourth-order valence-electron chi connectivity index (χ4n) is 1.89. The first-order valence-electron chi connectivity index (χ1n) is 5.85. The molecule has 0 aromatic carbocycles. The van der Waals surface area contributed by atoms with E-state index in [0.717, 1.165) is 23.5 Å². The molecule has 104 valence electrons.